The fourth-order valence-corrected chi connectivity index (χ4v) is 1.95. The van der Waals surface area contributed by atoms with Crippen molar-refractivity contribution in [3.63, 3.8) is 0 Å². The quantitative estimate of drug-likeness (QED) is 0.703. The first-order valence-corrected chi connectivity index (χ1v) is 4.65. The summed E-state index contributed by atoms with van der Waals surface area (Å²) in [4.78, 5) is 12.1. The standard InChI is InChI=1S/C8H9NO2S/c10-8-5-11-4-6(9-8)7-2-1-3-12-7/h1-3,6H,4-5H2,(H,9,10). The van der Waals surface area contributed by atoms with E-state index in [1.807, 2.05) is 17.5 Å². The molecular formula is C8H9NO2S. The molecule has 1 fully saturated rings. The average Bonchev–Trinajstić information content (AvgIpc) is 2.56. The van der Waals surface area contributed by atoms with Gasteiger partial charge in [0.05, 0.1) is 12.6 Å². The second-order valence-electron chi connectivity index (χ2n) is 2.65. The maximum atomic E-state index is 10.9. The summed E-state index contributed by atoms with van der Waals surface area (Å²) in [6, 6.07) is 4.04. The summed E-state index contributed by atoms with van der Waals surface area (Å²) >= 11 is 1.64. The van der Waals surface area contributed by atoms with Crippen LogP contribution in [0.3, 0.4) is 0 Å². The topological polar surface area (TPSA) is 38.3 Å². The molecule has 4 heteroatoms. The first-order chi connectivity index (χ1) is 5.86. The summed E-state index contributed by atoms with van der Waals surface area (Å²) in [7, 11) is 0. The van der Waals surface area contributed by atoms with Gasteiger partial charge in [-0.15, -0.1) is 11.3 Å². The monoisotopic (exact) mass is 183 g/mol. The number of hydrogen-bond donors (Lipinski definition) is 1. The van der Waals surface area contributed by atoms with Gasteiger partial charge in [-0.3, -0.25) is 4.79 Å². The van der Waals surface area contributed by atoms with E-state index in [0.717, 1.165) is 4.88 Å². The minimum atomic E-state index is -0.0281. The molecule has 0 spiro atoms. The first-order valence-electron chi connectivity index (χ1n) is 3.77. The number of ether oxygens (including phenoxy) is 1. The van der Waals surface area contributed by atoms with Gasteiger partial charge >= 0.3 is 0 Å². The van der Waals surface area contributed by atoms with Gasteiger partial charge in [0.2, 0.25) is 5.91 Å². The van der Waals surface area contributed by atoms with Crippen molar-refractivity contribution in [3.8, 4) is 0 Å². The van der Waals surface area contributed by atoms with Crippen LogP contribution in [0.15, 0.2) is 17.5 Å². The number of thiophene rings is 1. The molecule has 1 unspecified atom stereocenters. The average molecular weight is 183 g/mol. The molecule has 0 bridgehead atoms. The number of carbonyl (C=O) groups is 1. The molecule has 1 amide bonds. The molecule has 64 valence electrons. The molecule has 1 aliphatic heterocycles. The van der Waals surface area contributed by atoms with E-state index in [9.17, 15) is 4.79 Å². The van der Waals surface area contributed by atoms with E-state index >= 15 is 0 Å². The van der Waals surface area contributed by atoms with Gasteiger partial charge in [-0.2, -0.15) is 0 Å². The van der Waals surface area contributed by atoms with E-state index in [-0.39, 0.29) is 18.6 Å². The van der Waals surface area contributed by atoms with Crippen LogP contribution in [0.25, 0.3) is 0 Å². The van der Waals surface area contributed by atoms with Gasteiger partial charge in [-0.05, 0) is 11.4 Å². The number of carbonyl (C=O) groups excluding carboxylic acids is 1. The molecule has 0 radical (unpaired) electrons. The zero-order chi connectivity index (χ0) is 8.39. The Bertz CT molecular complexity index is 271. The third-order valence-corrected chi connectivity index (χ3v) is 2.73. The third-order valence-electron chi connectivity index (χ3n) is 1.74. The summed E-state index contributed by atoms with van der Waals surface area (Å²) in [5.74, 6) is -0.0281. The molecule has 1 N–H and O–H groups in total. The Morgan fingerprint density at radius 2 is 2.58 bits per heavy atom. The molecule has 3 nitrogen and oxygen atoms in total. The second-order valence-corrected chi connectivity index (χ2v) is 3.63. The van der Waals surface area contributed by atoms with Gasteiger partial charge in [0.25, 0.3) is 0 Å². The van der Waals surface area contributed by atoms with E-state index in [1.165, 1.54) is 0 Å². The molecule has 1 atom stereocenters. The molecular weight excluding hydrogens is 174 g/mol. The SMILES string of the molecule is O=C1COCC(c2cccs2)N1. The minimum Gasteiger partial charge on any atom is -0.369 e. The molecule has 12 heavy (non-hydrogen) atoms. The number of rotatable bonds is 1. The number of nitrogens with one attached hydrogen (secondary N) is 1. The van der Waals surface area contributed by atoms with Crippen LogP contribution in [-0.2, 0) is 9.53 Å². The Morgan fingerprint density at radius 3 is 3.25 bits per heavy atom. The maximum Gasteiger partial charge on any atom is 0.246 e. The van der Waals surface area contributed by atoms with Crippen molar-refractivity contribution >= 4 is 17.2 Å². The van der Waals surface area contributed by atoms with Crippen LogP contribution in [0.5, 0.6) is 0 Å². The van der Waals surface area contributed by atoms with Gasteiger partial charge in [0, 0.05) is 4.88 Å². The summed E-state index contributed by atoms with van der Waals surface area (Å²) in [6.45, 7) is 0.786. The molecule has 2 heterocycles. The predicted molar refractivity (Wildman–Crippen MR) is 46.0 cm³/mol. The van der Waals surface area contributed by atoms with Crippen molar-refractivity contribution in [1.82, 2.24) is 5.32 Å². The number of morpholine rings is 1. The molecule has 0 aromatic carbocycles. The smallest absolute Gasteiger partial charge is 0.246 e. The third kappa shape index (κ3) is 1.49. The largest absolute Gasteiger partial charge is 0.369 e. The van der Waals surface area contributed by atoms with Gasteiger partial charge < -0.3 is 10.1 Å². The number of hydrogen-bond acceptors (Lipinski definition) is 3. The van der Waals surface area contributed by atoms with Gasteiger partial charge in [-0.1, -0.05) is 6.07 Å². The summed E-state index contributed by atoms with van der Waals surface area (Å²) in [5, 5.41) is 4.86. The molecule has 1 aromatic heterocycles. The lowest BCUT2D eigenvalue weighted by Gasteiger charge is -2.22. The van der Waals surface area contributed by atoms with Crippen LogP contribution in [-0.4, -0.2) is 19.1 Å². The highest BCUT2D eigenvalue weighted by Crippen LogP contribution is 2.20. The van der Waals surface area contributed by atoms with Crippen LogP contribution < -0.4 is 5.32 Å². The summed E-state index contributed by atoms with van der Waals surface area (Å²) in [5.41, 5.74) is 0. The lowest BCUT2D eigenvalue weighted by Crippen LogP contribution is -2.39. The Labute approximate surface area is 74.4 Å². The van der Waals surface area contributed by atoms with Crippen LogP contribution >= 0.6 is 11.3 Å². The van der Waals surface area contributed by atoms with E-state index in [0.29, 0.717) is 6.61 Å². The van der Waals surface area contributed by atoms with Crippen molar-refractivity contribution in [2.75, 3.05) is 13.2 Å². The van der Waals surface area contributed by atoms with Crippen molar-refractivity contribution in [2.45, 2.75) is 6.04 Å². The van der Waals surface area contributed by atoms with Crippen LogP contribution in [0.4, 0.5) is 0 Å². The predicted octanol–water partition coefficient (Wildman–Crippen LogP) is 0.936. The van der Waals surface area contributed by atoms with Gasteiger partial charge in [-0.25, -0.2) is 0 Å². The fourth-order valence-electron chi connectivity index (χ4n) is 1.19. The van der Waals surface area contributed by atoms with Crippen molar-refractivity contribution in [2.24, 2.45) is 0 Å². The van der Waals surface area contributed by atoms with Crippen LogP contribution in [0, 0.1) is 0 Å². The molecule has 0 aliphatic carbocycles. The fraction of sp³-hybridized carbons (Fsp3) is 0.375. The zero-order valence-corrected chi connectivity index (χ0v) is 7.26. The van der Waals surface area contributed by atoms with E-state index < -0.39 is 0 Å². The first kappa shape index (κ1) is 7.76. The van der Waals surface area contributed by atoms with E-state index in [1.54, 1.807) is 11.3 Å². The van der Waals surface area contributed by atoms with Gasteiger partial charge in [0.1, 0.15) is 6.61 Å². The highest BCUT2D eigenvalue weighted by atomic mass is 32.1. The Kier molecular flexibility index (Phi) is 2.10. The van der Waals surface area contributed by atoms with Crippen molar-refractivity contribution in [3.05, 3.63) is 22.4 Å². The highest BCUT2D eigenvalue weighted by molar-refractivity contribution is 7.10. The summed E-state index contributed by atoms with van der Waals surface area (Å²) < 4.78 is 5.11. The molecule has 1 aliphatic rings. The Hall–Kier alpha value is -0.870. The molecule has 0 saturated carbocycles. The normalized spacial score (nSPS) is 23.7. The van der Waals surface area contributed by atoms with Crippen molar-refractivity contribution in [1.29, 1.82) is 0 Å². The molecule has 1 aromatic rings. The second kappa shape index (κ2) is 3.25. The van der Waals surface area contributed by atoms with Crippen LogP contribution in [0.2, 0.25) is 0 Å². The number of amides is 1. The van der Waals surface area contributed by atoms with Gasteiger partial charge in [0.15, 0.2) is 0 Å². The lowest BCUT2D eigenvalue weighted by atomic mass is 10.2. The maximum absolute atomic E-state index is 10.9. The Morgan fingerprint density at radius 1 is 1.67 bits per heavy atom. The van der Waals surface area contributed by atoms with E-state index in [4.69, 9.17) is 4.74 Å². The Balaban J connectivity index is 2.09. The summed E-state index contributed by atoms with van der Waals surface area (Å²) in [6.07, 6.45) is 0. The van der Waals surface area contributed by atoms with Crippen molar-refractivity contribution < 1.29 is 9.53 Å². The van der Waals surface area contributed by atoms with E-state index in [2.05, 4.69) is 5.32 Å². The molecule has 2 rings (SSSR count). The zero-order valence-electron chi connectivity index (χ0n) is 6.45. The lowest BCUT2D eigenvalue weighted by molar-refractivity contribution is -0.131. The van der Waals surface area contributed by atoms with Crippen LogP contribution in [0.1, 0.15) is 10.9 Å². The highest BCUT2D eigenvalue weighted by Gasteiger charge is 2.20. The minimum absolute atomic E-state index is 0.0281. The molecule has 1 saturated heterocycles.